The number of aromatic nitrogens is 2. The fourth-order valence-corrected chi connectivity index (χ4v) is 1.71. The minimum Gasteiger partial charge on any atom is -0.381 e. The van der Waals surface area contributed by atoms with E-state index in [1.165, 1.54) is 0 Å². The van der Waals surface area contributed by atoms with E-state index in [9.17, 15) is 0 Å². The second-order valence-corrected chi connectivity index (χ2v) is 3.93. The number of nitrogens with one attached hydrogen (secondary N) is 1. The van der Waals surface area contributed by atoms with Crippen molar-refractivity contribution in [1.29, 1.82) is 0 Å². The third-order valence-electron chi connectivity index (χ3n) is 2.31. The highest BCUT2D eigenvalue weighted by molar-refractivity contribution is 6.29. The van der Waals surface area contributed by atoms with E-state index in [2.05, 4.69) is 15.3 Å². The number of hydrogen-bond acceptors (Lipinski definition) is 5. The van der Waals surface area contributed by atoms with Gasteiger partial charge in [-0.15, -0.1) is 0 Å². The summed E-state index contributed by atoms with van der Waals surface area (Å²) in [5.41, 5.74) is 5.47. The zero-order chi connectivity index (χ0) is 10.7. The Labute approximate surface area is 93.0 Å². The van der Waals surface area contributed by atoms with Gasteiger partial charge in [0, 0.05) is 25.1 Å². The summed E-state index contributed by atoms with van der Waals surface area (Å²) in [6.45, 7) is 2.48. The first kappa shape index (κ1) is 10.4. The molecule has 2 rings (SSSR count). The minimum absolute atomic E-state index is 0.188. The Balaban J connectivity index is 1.92. The molecule has 1 fully saturated rings. The molecule has 0 bridgehead atoms. The number of nitrogen functional groups attached to an aromatic ring is 1. The van der Waals surface area contributed by atoms with Crippen LogP contribution in [0.3, 0.4) is 0 Å². The van der Waals surface area contributed by atoms with E-state index in [-0.39, 0.29) is 5.95 Å². The van der Waals surface area contributed by atoms with E-state index in [0.29, 0.717) is 16.9 Å². The maximum absolute atomic E-state index is 5.75. The van der Waals surface area contributed by atoms with E-state index in [4.69, 9.17) is 22.1 Å². The second-order valence-electron chi connectivity index (χ2n) is 3.54. The van der Waals surface area contributed by atoms with E-state index < -0.39 is 0 Å². The molecule has 1 aromatic heterocycles. The molecule has 5 nitrogen and oxygen atoms in total. The Kier molecular flexibility index (Phi) is 3.23. The van der Waals surface area contributed by atoms with Gasteiger partial charge in [0.2, 0.25) is 5.95 Å². The molecule has 82 valence electrons. The maximum atomic E-state index is 5.75. The molecule has 3 N–H and O–H groups in total. The van der Waals surface area contributed by atoms with Gasteiger partial charge in [0.05, 0.1) is 6.61 Å². The Hall–Kier alpha value is -1.07. The van der Waals surface area contributed by atoms with Crippen molar-refractivity contribution in [3.63, 3.8) is 0 Å². The summed E-state index contributed by atoms with van der Waals surface area (Å²) in [7, 11) is 0. The largest absolute Gasteiger partial charge is 0.381 e. The summed E-state index contributed by atoms with van der Waals surface area (Å²) in [6.07, 6.45) is 1.08. The molecule has 0 unspecified atom stereocenters. The lowest BCUT2D eigenvalue weighted by Crippen LogP contribution is -2.15. The number of nitrogens with two attached hydrogens (primary N) is 1. The number of ether oxygens (including phenoxy) is 1. The van der Waals surface area contributed by atoms with Gasteiger partial charge in [0.15, 0.2) is 0 Å². The summed E-state index contributed by atoms with van der Waals surface area (Å²) in [6, 6.07) is 1.66. The highest BCUT2D eigenvalue weighted by atomic mass is 35.5. The van der Waals surface area contributed by atoms with E-state index >= 15 is 0 Å². The van der Waals surface area contributed by atoms with Gasteiger partial charge in [-0.05, 0) is 6.42 Å². The van der Waals surface area contributed by atoms with Crippen LogP contribution in [0.1, 0.15) is 6.42 Å². The number of rotatable bonds is 3. The summed E-state index contributed by atoms with van der Waals surface area (Å²) in [5.74, 6) is 1.40. The lowest BCUT2D eigenvalue weighted by Gasteiger charge is -2.10. The molecule has 1 aromatic rings. The number of nitrogens with zero attached hydrogens (tertiary/aromatic N) is 2. The van der Waals surface area contributed by atoms with Gasteiger partial charge in [-0.25, -0.2) is 4.98 Å². The van der Waals surface area contributed by atoms with Crippen LogP contribution in [0.5, 0.6) is 0 Å². The Morgan fingerprint density at radius 2 is 2.47 bits per heavy atom. The van der Waals surface area contributed by atoms with Crippen molar-refractivity contribution in [3.05, 3.63) is 11.2 Å². The first-order chi connectivity index (χ1) is 7.24. The monoisotopic (exact) mass is 228 g/mol. The van der Waals surface area contributed by atoms with Crippen LogP contribution in [0.15, 0.2) is 6.07 Å². The van der Waals surface area contributed by atoms with E-state index in [0.717, 1.165) is 26.2 Å². The predicted molar refractivity (Wildman–Crippen MR) is 58.9 cm³/mol. The summed E-state index contributed by atoms with van der Waals surface area (Å²) >= 11 is 5.75. The van der Waals surface area contributed by atoms with Crippen LogP contribution in [0.2, 0.25) is 5.15 Å². The SMILES string of the molecule is Nc1nc(Cl)cc(NC[C@@H]2CCOC2)n1. The zero-order valence-electron chi connectivity index (χ0n) is 8.24. The van der Waals surface area contributed by atoms with Crippen LogP contribution < -0.4 is 11.1 Å². The van der Waals surface area contributed by atoms with Crippen molar-refractivity contribution < 1.29 is 4.74 Å². The van der Waals surface area contributed by atoms with Crippen molar-refractivity contribution in [2.24, 2.45) is 5.92 Å². The first-order valence-electron chi connectivity index (χ1n) is 4.86. The Bertz CT molecular complexity index is 321. The molecule has 0 amide bonds. The van der Waals surface area contributed by atoms with Crippen molar-refractivity contribution in [2.75, 3.05) is 30.8 Å². The normalized spacial score (nSPS) is 20.5. The van der Waals surface area contributed by atoms with Gasteiger partial charge in [-0.2, -0.15) is 4.98 Å². The van der Waals surface area contributed by atoms with Crippen molar-refractivity contribution in [1.82, 2.24) is 9.97 Å². The Morgan fingerprint density at radius 1 is 1.60 bits per heavy atom. The zero-order valence-corrected chi connectivity index (χ0v) is 9.00. The van der Waals surface area contributed by atoms with Gasteiger partial charge in [-0.1, -0.05) is 11.6 Å². The average molecular weight is 229 g/mol. The standard InChI is InChI=1S/C9H13ClN4O/c10-7-3-8(14-9(11)13-7)12-4-6-1-2-15-5-6/h3,6H,1-2,4-5H2,(H3,11,12,13,14)/t6-/m0/s1. The first-order valence-corrected chi connectivity index (χ1v) is 5.23. The second kappa shape index (κ2) is 4.63. The van der Waals surface area contributed by atoms with Crippen LogP contribution in [-0.2, 0) is 4.74 Å². The molecule has 0 spiro atoms. The quantitative estimate of drug-likeness (QED) is 0.760. The van der Waals surface area contributed by atoms with E-state index in [1.807, 2.05) is 0 Å². The molecular weight excluding hydrogens is 216 g/mol. The molecule has 2 heterocycles. The molecule has 0 radical (unpaired) electrons. The molecule has 1 aliphatic rings. The molecular formula is C9H13ClN4O. The topological polar surface area (TPSA) is 73.1 Å². The molecule has 0 aliphatic carbocycles. The molecule has 1 saturated heterocycles. The van der Waals surface area contributed by atoms with E-state index in [1.54, 1.807) is 6.07 Å². The summed E-state index contributed by atoms with van der Waals surface area (Å²) in [4.78, 5) is 7.81. The molecule has 15 heavy (non-hydrogen) atoms. The van der Waals surface area contributed by atoms with Crippen molar-refractivity contribution in [3.8, 4) is 0 Å². The molecule has 6 heteroatoms. The fraction of sp³-hybridized carbons (Fsp3) is 0.556. The maximum Gasteiger partial charge on any atom is 0.223 e. The summed E-state index contributed by atoms with van der Waals surface area (Å²) < 4.78 is 5.27. The summed E-state index contributed by atoms with van der Waals surface area (Å²) in [5, 5.41) is 3.53. The molecule has 0 aromatic carbocycles. The third-order valence-corrected chi connectivity index (χ3v) is 2.50. The molecule has 1 atom stereocenters. The predicted octanol–water partition coefficient (Wildman–Crippen LogP) is 1.16. The van der Waals surface area contributed by atoms with Gasteiger partial charge in [0.25, 0.3) is 0 Å². The van der Waals surface area contributed by atoms with Gasteiger partial charge in [0.1, 0.15) is 11.0 Å². The van der Waals surface area contributed by atoms with Gasteiger partial charge >= 0.3 is 0 Å². The van der Waals surface area contributed by atoms with Gasteiger partial charge in [-0.3, -0.25) is 0 Å². The fourth-order valence-electron chi connectivity index (χ4n) is 1.52. The lowest BCUT2D eigenvalue weighted by atomic mass is 10.1. The lowest BCUT2D eigenvalue weighted by molar-refractivity contribution is 0.187. The van der Waals surface area contributed by atoms with Crippen LogP contribution >= 0.6 is 11.6 Å². The number of hydrogen-bond donors (Lipinski definition) is 2. The van der Waals surface area contributed by atoms with Crippen molar-refractivity contribution in [2.45, 2.75) is 6.42 Å². The highest BCUT2D eigenvalue weighted by Gasteiger charge is 2.15. The smallest absolute Gasteiger partial charge is 0.223 e. The number of halogens is 1. The highest BCUT2D eigenvalue weighted by Crippen LogP contribution is 2.15. The van der Waals surface area contributed by atoms with Crippen LogP contribution in [-0.4, -0.2) is 29.7 Å². The Morgan fingerprint density at radius 3 is 3.13 bits per heavy atom. The molecule has 1 aliphatic heterocycles. The van der Waals surface area contributed by atoms with Crippen molar-refractivity contribution >= 4 is 23.4 Å². The minimum atomic E-state index is 0.188. The average Bonchev–Trinajstić information content (AvgIpc) is 2.65. The van der Waals surface area contributed by atoms with Gasteiger partial charge < -0.3 is 15.8 Å². The third kappa shape index (κ3) is 2.94. The van der Waals surface area contributed by atoms with Crippen LogP contribution in [0.25, 0.3) is 0 Å². The van der Waals surface area contributed by atoms with Crippen LogP contribution in [0, 0.1) is 5.92 Å². The van der Waals surface area contributed by atoms with Crippen LogP contribution in [0.4, 0.5) is 11.8 Å². The molecule has 0 saturated carbocycles. The number of anilines is 2.